The van der Waals surface area contributed by atoms with Crippen LogP contribution in [0.2, 0.25) is 15.1 Å². The average molecular weight is 317 g/mol. The molecular weight excluding hydrogens is 305 g/mol. The molecular formula is C14H12Cl3NO. The Kier molecular flexibility index (Phi) is 4.94. The molecule has 5 heteroatoms. The van der Waals surface area contributed by atoms with Crippen molar-refractivity contribution >= 4 is 34.8 Å². The lowest BCUT2D eigenvalue weighted by Crippen LogP contribution is -2.07. The van der Waals surface area contributed by atoms with Crippen LogP contribution in [0.1, 0.15) is 5.56 Å². The van der Waals surface area contributed by atoms with Gasteiger partial charge in [-0.3, -0.25) is 0 Å². The predicted octanol–water partition coefficient (Wildman–Crippen LogP) is 5.16. The van der Waals surface area contributed by atoms with E-state index in [1.165, 1.54) is 0 Å². The monoisotopic (exact) mass is 315 g/mol. The van der Waals surface area contributed by atoms with Crippen LogP contribution < -0.4 is 10.1 Å². The first-order valence-electron chi connectivity index (χ1n) is 5.67. The van der Waals surface area contributed by atoms with E-state index in [0.29, 0.717) is 33.1 Å². The number of ether oxygens (including phenoxy) is 1. The van der Waals surface area contributed by atoms with Crippen molar-refractivity contribution in [2.24, 2.45) is 0 Å². The van der Waals surface area contributed by atoms with E-state index in [-0.39, 0.29) is 0 Å². The zero-order chi connectivity index (χ0) is 13.8. The van der Waals surface area contributed by atoms with E-state index in [1.54, 1.807) is 18.2 Å². The minimum atomic E-state index is 0.388. The second-order valence-electron chi connectivity index (χ2n) is 3.90. The van der Waals surface area contributed by atoms with Gasteiger partial charge in [0.2, 0.25) is 0 Å². The molecule has 0 fully saturated rings. The highest BCUT2D eigenvalue weighted by Crippen LogP contribution is 2.37. The number of hydrogen-bond donors (Lipinski definition) is 1. The first-order chi connectivity index (χ1) is 9.13. The van der Waals surface area contributed by atoms with Gasteiger partial charge in [-0.25, -0.2) is 0 Å². The molecule has 100 valence electrons. The highest BCUT2D eigenvalue weighted by molar-refractivity contribution is 6.42. The summed E-state index contributed by atoms with van der Waals surface area (Å²) in [4.78, 5) is 0. The van der Waals surface area contributed by atoms with Gasteiger partial charge in [0.05, 0.1) is 5.02 Å². The third kappa shape index (κ3) is 3.34. The van der Waals surface area contributed by atoms with Gasteiger partial charge in [0.15, 0.2) is 0 Å². The van der Waals surface area contributed by atoms with Crippen LogP contribution in [0.4, 0.5) is 0 Å². The summed E-state index contributed by atoms with van der Waals surface area (Å²) in [5, 5.41) is 4.54. The van der Waals surface area contributed by atoms with E-state index in [2.05, 4.69) is 5.32 Å². The van der Waals surface area contributed by atoms with Crippen LogP contribution in [0.5, 0.6) is 11.5 Å². The van der Waals surface area contributed by atoms with Gasteiger partial charge in [0.25, 0.3) is 0 Å². The lowest BCUT2D eigenvalue weighted by atomic mass is 10.2. The van der Waals surface area contributed by atoms with Crippen molar-refractivity contribution in [3.05, 3.63) is 57.0 Å². The molecule has 2 rings (SSSR count). The minimum absolute atomic E-state index is 0.388. The van der Waals surface area contributed by atoms with Crippen LogP contribution in [-0.4, -0.2) is 7.05 Å². The highest BCUT2D eigenvalue weighted by atomic mass is 35.5. The summed E-state index contributed by atoms with van der Waals surface area (Å²) in [7, 11) is 1.85. The van der Waals surface area contributed by atoms with Gasteiger partial charge in [-0.05, 0) is 31.3 Å². The van der Waals surface area contributed by atoms with Crippen molar-refractivity contribution < 1.29 is 4.74 Å². The fourth-order valence-electron chi connectivity index (χ4n) is 1.66. The number of halogens is 3. The summed E-state index contributed by atoms with van der Waals surface area (Å²) in [5.41, 5.74) is 0.878. The standard InChI is InChI=1S/C14H12Cl3NO/c1-18-8-9-10(15)4-2-6-12(9)19-13-7-3-5-11(16)14(13)17/h2-7,18H,8H2,1H3. The molecule has 0 radical (unpaired) electrons. The maximum atomic E-state index is 6.17. The van der Waals surface area contributed by atoms with Gasteiger partial charge in [-0.2, -0.15) is 0 Å². The van der Waals surface area contributed by atoms with Crippen molar-refractivity contribution in [1.29, 1.82) is 0 Å². The largest absolute Gasteiger partial charge is 0.455 e. The van der Waals surface area contributed by atoms with Crippen LogP contribution in [0.15, 0.2) is 36.4 Å². The van der Waals surface area contributed by atoms with Crippen LogP contribution in [0.25, 0.3) is 0 Å². The summed E-state index contributed by atoms with van der Waals surface area (Å²) >= 11 is 18.2. The van der Waals surface area contributed by atoms with Gasteiger partial charge in [-0.1, -0.05) is 46.9 Å². The number of benzene rings is 2. The molecule has 2 nitrogen and oxygen atoms in total. The summed E-state index contributed by atoms with van der Waals surface area (Å²) in [6.45, 7) is 0.604. The fourth-order valence-corrected chi connectivity index (χ4v) is 2.23. The molecule has 0 amide bonds. The first kappa shape index (κ1) is 14.5. The minimum Gasteiger partial charge on any atom is -0.455 e. The fraction of sp³-hybridized carbons (Fsp3) is 0.143. The molecule has 0 aliphatic heterocycles. The Morgan fingerprint density at radius 3 is 2.26 bits per heavy atom. The van der Waals surface area contributed by atoms with E-state index < -0.39 is 0 Å². The summed E-state index contributed by atoms with van der Waals surface area (Å²) < 4.78 is 5.81. The zero-order valence-electron chi connectivity index (χ0n) is 10.2. The Bertz CT molecular complexity index is 587. The van der Waals surface area contributed by atoms with Crippen molar-refractivity contribution in [3.63, 3.8) is 0 Å². The molecule has 0 atom stereocenters. The first-order valence-corrected chi connectivity index (χ1v) is 6.80. The molecule has 0 aliphatic carbocycles. The van der Waals surface area contributed by atoms with Crippen molar-refractivity contribution in [2.45, 2.75) is 6.54 Å². The van der Waals surface area contributed by atoms with Crippen LogP contribution in [-0.2, 0) is 6.54 Å². The van der Waals surface area contributed by atoms with E-state index in [4.69, 9.17) is 39.5 Å². The van der Waals surface area contributed by atoms with Gasteiger partial charge in [-0.15, -0.1) is 0 Å². The lowest BCUT2D eigenvalue weighted by molar-refractivity contribution is 0.474. The molecule has 0 aromatic heterocycles. The summed E-state index contributed by atoms with van der Waals surface area (Å²) in [6, 6.07) is 10.7. The Hall–Kier alpha value is -0.930. The predicted molar refractivity (Wildman–Crippen MR) is 80.8 cm³/mol. The molecule has 0 spiro atoms. The number of rotatable bonds is 4. The van der Waals surface area contributed by atoms with Crippen molar-refractivity contribution in [2.75, 3.05) is 7.05 Å². The maximum Gasteiger partial charge on any atom is 0.147 e. The third-order valence-electron chi connectivity index (χ3n) is 2.57. The Morgan fingerprint density at radius 1 is 0.947 bits per heavy atom. The topological polar surface area (TPSA) is 21.3 Å². The SMILES string of the molecule is CNCc1c(Cl)cccc1Oc1cccc(Cl)c1Cl. The second-order valence-corrected chi connectivity index (χ2v) is 5.09. The molecule has 0 bridgehead atoms. The smallest absolute Gasteiger partial charge is 0.147 e. The third-order valence-corrected chi connectivity index (χ3v) is 3.72. The van der Waals surface area contributed by atoms with E-state index >= 15 is 0 Å². The van der Waals surface area contributed by atoms with Crippen LogP contribution in [0.3, 0.4) is 0 Å². The molecule has 0 saturated carbocycles. The van der Waals surface area contributed by atoms with Crippen LogP contribution >= 0.6 is 34.8 Å². The zero-order valence-corrected chi connectivity index (χ0v) is 12.5. The summed E-state index contributed by atoms with van der Waals surface area (Å²) in [5.74, 6) is 1.17. The highest BCUT2D eigenvalue weighted by Gasteiger charge is 2.11. The van der Waals surface area contributed by atoms with Crippen LogP contribution in [0, 0.1) is 0 Å². The second kappa shape index (κ2) is 6.49. The molecule has 0 saturated heterocycles. The van der Waals surface area contributed by atoms with E-state index in [9.17, 15) is 0 Å². The molecule has 0 unspecified atom stereocenters. The number of hydrogen-bond acceptors (Lipinski definition) is 2. The van der Waals surface area contributed by atoms with Gasteiger partial charge >= 0.3 is 0 Å². The Labute approximate surface area is 127 Å². The average Bonchev–Trinajstić information content (AvgIpc) is 2.39. The quantitative estimate of drug-likeness (QED) is 0.841. The summed E-state index contributed by atoms with van der Waals surface area (Å²) in [6.07, 6.45) is 0. The molecule has 2 aromatic rings. The van der Waals surface area contributed by atoms with Crippen molar-refractivity contribution in [1.82, 2.24) is 5.32 Å². The van der Waals surface area contributed by atoms with Gasteiger partial charge in [0.1, 0.15) is 16.5 Å². The van der Waals surface area contributed by atoms with E-state index in [0.717, 1.165) is 5.56 Å². The lowest BCUT2D eigenvalue weighted by Gasteiger charge is -2.13. The Morgan fingerprint density at radius 2 is 1.58 bits per heavy atom. The van der Waals surface area contributed by atoms with Gasteiger partial charge in [0, 0.05) is 17.1 Å². The normalized spacial score (nSPS) is 10.5. The molecule has 19 heavy (non-hydrogen) atoms. The molecule has 0 aliphatic rings. The number of nitrogens with one attached hydrogen (secondary N) is 1. The van der Waals surface area contributed by atoms with E-state index in [1.807, 2.05) is 25.2 Å². The van der Waals surface area contributed by atoms with Crippen molar-refractivity contribution in [3.8, 4) is 11.5 Å². The van der Waals surface area contributed by atoms with Gasteiger partial charge < -0.3 is 10.1 Å². The Balaban J connectivity index is 2.38. The molecule has 1 N–H and O–H groups in total. The molecule has 0 heterocycles. The maximum absolute atomic E-state index is 6.17. The molecule has 2 aromatic carbocycles.